The number of rotatable bonds is 10. The highest BCUT2D eigenvalue weighted by Crippen LogP contribution is 2.31. The molecular weight excluding hydrogens is 536 g/mol. The lowest BCUT2D eigenvalue weighted by atomic mass is 9.82. The number of guanidine groups is 1. The number of aliphatic carboxylic acids is 1. The van der Waals surface area contributed by atoms with Gasteiger partial charge >= 0.3 is 17.9 Å². The Kier molecular flexibility index (Phi) is 8.80. The van der Waals surface area contributed by atoms with Gasteiger partial charge in [0.2, 0.25) is 5.91 Å². The topological polar surface area (TPSA) is 186 Å². The number of nitrogens with two attached hydrogens (primary N) is 2. The van der Waals surface area contributed by atoms with Crippen LogP contribution in [0.25, 0.3) is 0 Å². The van der Waals surface area contributed by atoms with Crippen LogP contribution in [-0.2, 0) is 29.0 Å². The molecule has 4 rings (SSSR count). The number of benzene rings is 2. The molecule has 208 valence electrons. The maximum Gasteiger partial charge on any atom is 0.345 e. The van der Waals surface area contributed by atoms with Crippen LogP contribution in [-0.4, -0.2) is 51.4 Å². The van der Waals surface area contributed by atoms with Crippen molar-refractivity contribution in [3.05, 3.63) is 81.0 Å². The van der Waals surface area contributed by atoms with Crippen LogP contribution in [0.15, 0.2) is 58.9 Å². The molecule has 0 saturated heterocycles. The Labute approximate surface area is 233 Å². The first-order valence-corrected chi connectivity index (χ1v) is 13.3. The van der Waals surface area contributed by atoms with E-state index >= 15 is 0 Å². The Hall–Kier alpha value is -4.71. The predicted molar refractivity (Wildman–Crippen MR) is 148 cm³/mol. The number of aliphatic imine (C=N–C) groups is 1. The lowest BCUT2D eigenvalue weighted by molar-refractivity contribution is -0.145. The molecule has 1 aliphatic rings. The van der Waals surface area contributed by atoms with Crippen LogP contribution < -0.4 is 16.2 Å². The fourth-order valence-electron chi connectivity index (χ4n) is 4.59. The SMILES string of the molecule is NC(N)=Nc1ccc(C(=O)Oc2ccc3c(c2)CC[C@@H](CC(=O)N(CC(=O)O)Cc2csc(C(=O)O)c2)C3)cc1. The summed E-state index contributed by atoms with van der Waals surface area (Å²) in [6, 6.07) is 13.2. The normalized spacial score (nSPS) is 14.1. The molecule has 1 amide bonds. The number of esters is 1. The van der Waals surface area contributed by atoms with Gasteiger partial charge in [-0.3, -0.25) is 9.59 Å². The summed E-state index contributed by atoms with van der Waals surface area (Å²) < 4.78 is 5.54. The van der Waals surface area contributed by atoms with E-state index in [1.54, 1.807) is 35.7 Å². The predicted octanol–water partition coefficient (Wildman–Crippen LogP) is 3.18. The van der Waals surface area contributed by atoms with E-state index in [9.17, 15) is 24.3 Å². The summed E-state index contributed by atoms with van der Waals surface area (Å²) in [5.41, 5.74) is 14.2. The Morgan fingerprint density at radius 1 is 1.02 bits per heavy atom. The number of hydrogen-bond acceptors (Lipinski definition) is 7. The molecule has 3 aromatic rings. The second-order valence-electron chi connectivity index (χ2n) is 9.48. The third-order valence-corrected chi connectivity index (χ3v) is 7.43. The minimum absolute atomic E-state index is 0.0190. The fraction of sp³-hybridized carbons (Fsp3) is 0.250. The number of carboxylic acid groups (broad SMARTS) is 2. The minimum atomic E-state index is -1.14. The van der Waals surface area contributed by atoms with Gasteiger partial charge in [0.05, 0.1) is 11.3 Å². The Balaban J connectivity index is 1.36. The highest BCUT2D eigenvalue weighted by Gasteiger charge is 2.26. The first-order valence-electron chi connectivity index (χ1n) is 12.4. The number of amides is 1. The fourth-order valence-corrected chi connectivity index (χ4v) is 5.34. The summed E-state index contributed by atoms with van der Waals surface area (Å²) in [6.07, 6.45) is 2.20. The maximum absolute atomic E-state index is 13.1. The van der Waals surface area contributed by atoms with E-state index < -0.39 is 24.5 Å². The van der Waals surface area contributed by atoms with Crippen LogP contribution in [0.4, 0.5) is 5.69 Å². The van der Waals surface area contributed by atoms with Crippen molar-refractivity contribution in [2.24, 2.45) is 22.4 Å². The van der Waals surface area contributed by atoms with Crippen molar-refractivity contribution >= 4 is 46.8 Å². The van der Waals surface area contributed by atoms with Gasteiger partial charge in [0.1, 0.15) is 17.2 Å². The molecule has 40 heavy (non-hydrogen) atoms. The highest BCUT2D eigenvalue weighted by molar-refractivity contribution is 7.12. The van der Waals surface area contributed by atoms with Crippen molar-refractivity contribution in [1.29, 1.82) is 0 Å². The third kappa shape index (κ3) is 7.44. The van der Waals surface area contributed by atoms with Gasteiger partial charge in [-0.1, -0.05) is 6.07 Å². The van der Waals surface area contributed by atoms with E-state index in [0.717, 1.165) is 22.5 Å². The number of carboxylic acids is 2. The van der Waals surface area contributed by atoms with Crippen LogP contribution in [0.2, 0.25) is 0 Å². The summed E-state index contributed by atoms with van der Waals surface area (Å²) in [4.78, 5) is 53.5. The van der Waals surface area contributed by atoms with Crippen LogP contribution in [0, 0.1) is 5.92 Å². The van der Waals surface area contributed by atoms with Gasteiger partial charge in [0, 0.05) is 13.0 Å². The van der Waals surface area contributed by atoms with Gasteiger partial charge in [-0.2, -0.15) is 0 Å². The lowest BCUT2D eigenvalue weighted by Crippen LogP contribution is -2.36. The maximum atomic E-state index is 13.1. The molecule has 0 fully saturated rings. The van der Waals surface area contributed by atoms with Crippen LogP contribution in [0.1, 0.15) is 49.6 Å². The van der Waals surface area contributed by atoms with Crippen LogP contribution in [0.3, 0.4) is 0 Å². The molecule has 0 radical (unpaired) electrons. The molecule has 12 heteroatoms. The number of thiophene rings is 1. The quantitative estimate of drug-likeness (QED) is 0.124. The number of hydrogen-bond donors (Lipinski definition) is 4. The van der Waals surface area contributed by atoms with Gasteiger partial charge in [-0.15, -0.1) is 11.3 Å². The van der Waals surface area contributed by atoms with E-state index in [1.165, 1.54) is 11.0 Å². The molecule has 2 aromatic carbocycles. The average Bonchev–Trinajstić information content (AvgIpc) is 3.37. The number of carbonyl (C=O) groups is 4. The molecule has 11 nitrogen and oxygen atoms in total. The van der Waals surface area contributed by atoms with E-state index in [2.05, 4.69) is 4.99 Å². The largest absolute Gasteiger partial charge is 0.480 e. The second kappa shape index (κ2) is 12.4. The van der Waals surface area contributed by atoms with Gasteiger partial charge in [-0.25, -0.2) is 14.6 Å². The van der Waals surface area contributed by atoms with E-state index in [4.69, 9.17) is 21.3 Å². The zero-order valence-electron chi connectivity index (χ0n) is 21.4. The van der Waals surface area contributed by atoms with Gasteiger partial charge in [0.25, 0.3) is 0 Å². The second-order valence-corrected chi connectivity index (χ2v) is 10.4. The van der Waals surface area contributed by atoms with E-state index in [1.807, 2.05) is 12.1 Å². The summed E-state index contributed by atoms with van der Waals surface area (Å²) in [5.74, 6) is -2.67. The summed E-state index contributed by atoms with van der Waals surface area (Å²) >= 11 is 1.03. The first-order chi connectivity index (χ1) is 19.1. The number of nitrogens with zero attached hydrogens (tertiary/aromatic N) is 2. The molecule has 0 unspecified atom stereocenters. The summed E-state index contributed by atoms with van der Waals surface area (Å²) in [6.45, 7) is -0.434. The van der Waals surface area contributed by atoms with E-state index in [0.29, 0.717) is 41.8 Å². The number of aromatic carboxylic acids is 1. The molecular formula is C28H28N4O7S. The van der Waals surface area contributed by atoms with Crippen LogP contribution in [0.5, 0.6) is 5.75 Å². The van der Waals surface area contributed by atoms with Crippen molar-refractivity contribution in [3.8, 4) is 5.75 Å². The van der Waals surface area contributed by atoms with Gasteiger partial charge < -0.3 is 31.3 Å². The molecule has 0 bridgehead atoms. The number of carbonyl (C=O) groups excluding carboxylic acids is 2. The molecule has 0 spiro atoms. The zero-order chi connectivity index (χ0) is 28.8. The average molecular weight is 565 g/mol. The van der Waals surface area contributed by atoms with Crippen molar-refractivity contribution in [3.63, 3.8) is 0 Å². The van der Waals surface area contributed by atoms with Gasteiger partial charge in [0.15, 0.2) is 5.96 Å². The molecule has 1 heterocycles. The van der Waals surface area contributed by atoms with Crippen molar-refractivity contribution in [1.82, 2.24) is 4.90 Å². The molecule has 0 aliphatic heterocycles. The Morgan fingerprint density at radius 3 is 2.42 bits per heavy atom. The van der Waals surface area contributed by atoms with E-state index in [-0.39, 0.29) is 35.6 Å². The summed E-state index contributed by atoms with van der Waals surface area (Å²) in [5, 5.41) is 20.1. The minimum Gasteiger partial charge on any atom is -0.480 e. The molecule has 0 saturated carbocycles. The Morgan fingerprint density at radius 2 is 1.77 bits per heavy atom. The van der Waals surface area contributed by atoms with Crippen molar-refractivity contribution in [2.75, 3.05) is 6.54 Å². The standard InChI is InChI=1S/C28H28N4O7S/c29-28(30)31-21-6-3-18(4-7-21)27(38)39-22-8-5-19-9-16(1-2-20(19)12-22)11-24(33)32(14-25(34)35)13-17-10-23(26(36)37)40-15-17/h3-8,10,12,15-16H,1-2,9,11,13-14H2,(H,34,35)(H,36,37)(H4,29,30,31)/t16-/m1/s1. The number of aryl methyl sites for hydroxylation is 1. The van der Waals surface area contributed by atoms with Crippen molar-refractivity contribution < 1.29 is 34.1 Å². The van der Waals surface area contributed by atoms with Crippen LogP contribution >= 0.6 is 11.3 Å². The molecule has 1 aromatic heterocycles. The number of fused-ring (bicyclic) bond motifs is 1. The monoisotopic (exact) mass is 564 g/mol. The smallest absolute Gasteiger partial charge is 0.345 e. The summed E-state index contributed by atoms with van der Waals surface area (Å²) in [7, 11) is 0. The highest BCUT2D eigenvalue weighted by atomic mass is 32.1. The number of ether oxygens (including phenoxy) is 1. The molecule has 6 N–H and O–H groups in total. The lowest BCUT2D eigenvalue weighted by Gasteiger charge is -2.27. The van der Waals surface area contributed by atoms with Crippen molar-refractivity contribution in [2.45, 2.75) is 32.2 Å². The molecule has 1 aliphatic carbocycles. The molecule has 1 atom stereocenters. The first kappa shape index (κ1) is 28.3. The Bertz CT molecular complexity index is 1460. The third-order valence-electron chi connectivity index (χ3n) is 6.46. The zero-order valence-corrected chi connectivity index (χ0v) is 22.2. The van der Waals surface area contributed by atoms with Gasteiger partial charge in [-0.05, 0) is 89.7 Å².